The van der Waals surface area contributed by atoms with Crippen molar-refractivity contribution >= 4 is 11.0 Å². The summed E-state index contributed by atoms with van der Waals surface area (Å²) in [4.78, 5) is 12.6. The summed E-state index contributed by atoms with van der Waals surface area (Å²) in [5, 5.41) is 4.79. The number of rotatable bonds is 5. The number of aromatic nitrogens is 5. The minimum atomic E-state index is 0.324. The lowest BCUT2D eigenvalue weighted by Gasteiger charge is -2.05. The highest BCUT2D eigenvalue weighted by Crippen LogP contribution is 2.27. The van der Waals surface area contributed by atoms with Gasteiger partial charge in [0, 0.05) is 24.6 Å². The molecule has 1 atom stereocenters. The Labute approximate surface area is 141 Å². The second-order valence-electron chi connectivity index (χ2n) is 6.48. The van der Waals surface area contributed by atoms with Gasteiger partial charge in [-0.15, -0.1) is 0 Å². The van der Waals surface area contributed by atoms with Crippen LogP contribution in [0.3, 0.4) is 0 Å². The fourth-order valence-electron chi connectivity index (χ4n) is 3.22. The number of imidazole rings is 1. The lowest BCUT2D eigenvalue weighted by atomic mass is 10.1. The Balaban J connectivity index is 1.75. The molecule has 1 aliphatic rings. The summed E-state index contributed by atoms with van der Waals surface area (Å²) >= 11 is 0. The first-order valence-corrected chi connectivity index (χ1v) is 8.74. The number of unbranched alkanes of at least 4 members (excludes halogenated alkanes) is 1. The summed E-state index contributed by atoms with van der Waals surface area (Å²) in [6.07, 6.45) is 3.25. The number of nitrogens with zero attached hydrogens (tertiary/aromatic N) is 4. The summed E-state index contributed by atoms with van der Waals surface area (Å²) in [5.41, 5.74) is 3.11. The molecular formula is C18H23N5O. The molecule has 0 radical (unpaired) electrons. The Bertz CT molecular complexity index is 844. The summed E-state index contributed by atoms with van der Waals surface area (Å²) in [6.45, 7) is 6.61. The van der Waals surface area contributed by atoms with Crippen molar-refractivity contribution in [3.63, 3.8) is 0 Å². The topological polar surface area (TPSA) is 68.6 Å². The van der Waals surface area contributed by atoms with Crippen LogP contribution >= 0.6 is 0 Å². The van der Waals surface area contributed by atoms with Gasteiger partial charge < -0.3 is 9.72 Å². The molecule has 24 heavy (non-hydrogen) atoms. The molecule has 1 aliphatic heterocycles. The van der Waals surface area contributed by atoms with Crippen LogP contribution in [-0.2, 0) is 11.3 Å². The SMILES string of the molecule is CCCCn1nc([C@@H]2CCOC2)nc1-c1ccc2nc(C)[nH]c2c1. The highest BCUT2D eigenvalue weighted by Gasteiger charge is 2.24. The Morgan fingerprint density at radius 1 is 1.33 bits per heavy atom. The molecule has 0 amide bonds. The van der Waals surface area contributed by atoms with E-state index in [1.54, 1.807) is 0 Å². The maximum Gasteiger partial charge on any atom is 0.158 e. The van der Waals surface area contributed by atoms with Crippen LogP contribution in [0.5, 0.6) is 0 Å². The number of hydrogen-bond donors (Lipinski definition) is 1. The molecular weight excluding hydrogens is 302 g/mol. The molecule has 4 rings (SSSR count). The normalized spacial score (nSPS) is 17.8. The zero-order valence-corrected chi connectivity index (χ0v) is 14.2. The lowest BCUT2D eigenvalue weighted by Crippen LogP contribution is -2.04. The number of hydrogen-bond acceptors (Lipinski definition) is 4. The van der Waals surface area contributed by atoms with E-state index in [1.807, 2.05) is 13.0 Å². The predicted molar refractivity (Wildman–Crippen MR) is 92.9 cm³/mol. The molecule has 3 heterocycles. The zero-order chi connectivity index (χ0) is 16.5. The molecule has 1 aromatic carbocycles. The summed E-state index contributed by atoms with van der Waals surface area (Å²) in [7, 11) is 0. The van der Waals surface area contributed by atoms with E-state index in [0.717, 1.165) is 73.1 Å². The number of nitrogens with one attached hydrogen (secondary N) is 1. The fraction of sp³-hybridized carbons (Fsp3) is 0.500. The summed E-state index contributed by atoms with van der Waals surface area (Å²) < 4.78 is 7.56. The third kappa shape index (κ3) is 2.82. The molecule has 6 heteroatoms. The van der Waals surface area contributed by atoms with Gasteiger partial charge in [-0.2, -0.15) is 5.10 Å². The molecule has 0 aliphatic carbocycles. The van der Waals surface area contributed by atoms with E-state index in [1.165, 1.54) is 0 Å². The van der Waals surface area contributed by atoms with Crippen molar-refractivity contribution in [2.45, 2.75) is 45.6 Å². The average molecular weight is 325 g/mol. The van der Waals surface area contributed by atoms with Gasteiger partial charge in [0.2, 0.25) is 0 Å². The van der Waals surface area contributed by atoms with Gasteiger partial charge in [0.25, 0.3) is 0 Å². The van der Waals surface area contributed by atoms with Gasteiger partial charge in [-0.25, -0.2) is 14.6 Å². The van der Waals surface area contributed by atoms with E-state index in [9.17, 15) is 0 Å². The van der Waals surface area contributed by atoms with Gasteiger partial charge in [0.1, 0.15) is 5.82 Å². The van der Waals surface area contributed by atoms with Gasteiger partial charge >= 0.3 is 0 Å². The molecule has 3 aromatic rings. The van der Waals surface area contributed by atoms with E-state index in [4.69, 9.17) is 14.8 Å². The van der Waals surface area contributed by atoms with Crippen molar-refractivity contribution in [3.05, 3.63) is 29.8 Å². The second kappa shape index (κ2) is 6.36. The van der Waals surface area contributed by atoms with Gasteiger partial charge in [0.05, 0.1) is 17.6 Å². The van der Waals surface area contributed by atoms with Crippen molar-refractivity contribution in [1.29, 1.82) is 0 Å². The van der Waals surface area contributed by atoms with E-state index < -0.39 is 0 Å². The largest absolute Gasteiger partial charge is 0.381 e. The minimum Gasteiger partial charge on any atom is -0.381 e. The number of ether oxygens (including phenoxy) is 1. The molecule has 0 unspecified atom stereocenters. The first-order valence-electron chi connectivity index (χ1n) is 8.74. The molecule has 1 N–H and O–H groups in total. The number of H-pyrrole nitrogens is 1. The molecule has 0 saturated carbocycles. The highest BCUT2D eigenvalue weighted by atomic mass is 16.5. The maximum atomic E-state index is 5.51. The highest BCUT2D eigenvalue weighted by molar-refractivity contribution is 5.80. The van der Waals surface area contributed by atoms with Crippen LogP contribution in [0.25, 0.3) is 22.4 Å². The second-order valence-corrected chi connectivity index (χ2v) is 6.48. The van der Waals surface area contributed by atoms with Gasteiger partial charge in [-0.1, -0.05) is 13.3 Å². The van der Waals surface area contributed by atoms with E-state index in [0.29, 0.717) is 5.92 Å². The quantitative estimate of drug-likeness (QED) is 0.780. The Hall–Kier alpha value is -2.21. The smallest absolute Gasteiger partial charge is 0.158 e. The van der Waals surface area contributed by atoms with Crippen molar-refractivity contribution in [2.24, 2.45) is 0 Å². The predicted octanol–water partition coefficient (Wildman–Crippen LogP) is 3.43. The fourth-order valence-corrected chi connectivity index (χ4v) is 3.22. The van der Waals surface area contributed by atoms with E-state index in [2.05, 4.69) is 33.7 Å². The van der Waals surface area contributed by atoms with Crippen molar-refractivity contribution in [1.82, 2.24) is 24.7 Å². The Morgan fingerprint density at radius 2 is 2.25 bits per heavy atom. The van der Waals surface area contributed by atoms with Crippen LogP contribution in [0.15, 0.2) is 18.2 Å². The molecule has 126 valence electrons. The number of aryl methyl sites for hydroxylation is 2. The Morgan fingerprint density at radius 3 is 3.04 bits per heavy atom. The minimum absolute atomic E-state index is 0.324. The summed E-state index contributed by atoms with van der Waals surface area (Å²) in [5.74, 6) is 3.11. The van der Waals surface area contributed by atoms with Gasteiger partial charge in [0.15, 0.2) is 11.6 Å². The number of aromatic amines is 1. The van der Waals surface area contributed by atoms with Gasteiger partial charge in [-0.3, -0.25) is 0 Å². The molecule has 2 aromatic heterocycles. The monoisotopic (exact) mass is 325 g/mol. The van der Waals surface area contributed by atoms with Crippen LogP contribution < -0.4 is 0 Å². The number of benzene rings is 1. The summed E-state index contributed by atoms with van der Waals surface area (Å²) in [6, 6.07) is 6.26. The van der Waals surface area contributed by atoms with Crippen LogP contribution in [0.2, 0.25) is 0 Å². The average Bonchev–Trinajstić information content (AvgIpc) is 3.30. The molecule has 1 saturated heterocycles. The molecule has 0 spiro atoms. The van der Waals surface area contributed by atoms with Crippen molar-refractivity contribution in [2.75, 3.05) is 13.2 Å². The van der Waals surface area contributed by atoms with Crippen molar-refractivity contribution in [3.8, 4) is 11.4 Å². The third-order valence-corrected chi connectivity index (χ3v) is 4.56. The zero-order valence-electron chi connectivity index (χ0n) is 14.2. The maximum absolute atomic E-state index is 5.51. The van der Waals surface area contributed by atoms with Crippen LogP contribution in [0.1, 0.15) is 43.8 Å². The van der Waals surface area contributed by atoms with E-state index >= 15 is 0 Å². The molecule has 1 fully saturated rings. The van der Waals surface area contributed by atoms with Crippen molar-refractivity contribution < 1.29 is 4.74 Å². The third-order valence-electron chi connectivity index (χ3n) is 4.56. The lowest BCUT2D eigenvalue weighted by molar-refractivity contribution is 0.193. The van der Waals surface area contributed by atoms with Crippen LogP contribution in [0, 0.1) is 6.92 Å². The van der Waals surface area contributed by atoms with Gasteiger partial charge in [-0.05, 0) is 38.0 Å². The first-order chi connectivity index (χ1) is 11.7. The Kier molecular flexibility index (Phi) is 4.06. The molecule has 6 nitrogen and oxygen atoms in total. The van der Waals surface area contributed by atoms with E-state index in [-0.39, 0.29) is 0 Å². The molecule has 0 bridgehead atoms. The first kappa shape index (κ1) is 15.3. The van der Waals surface area contributed by atoms with Crippen LogP contribution in [-0.4, -0.2) is 37.9 Å². The standard InChI is InChI=1S/C18H23N5O/c1-3-4-8-23-18(21-17(22-23)14-7-9-24-11-14)13-5-6-15-16(10-13)20-12(2)19-15/h5-6,10,14H,3-4,7-9,11H2,1-2H3,(H,19,20)/t14-/m1/s1. The number of fused-ring (bicyclic) bond motifs is 1. The van der Waals surface area contributed by atoms with Crippen LogP contribution in [0.4, 0.5) is 0 Å².